The van der Waals surface area contributed by atoms with Crippen molar-refractivity contribution in [3.05, 3.63) is 44.9 Å². The number of thiazole rings is 1. The Morgan fingerprint density at radius 2 is 1.91 bits per heavy atom. The molecule has 0 atom stereocenters. The Balaban J connectivity index is 0.00000242. The lowest BCUT2D eigenvalue weighted by Crippen LogP contribution is -3.00. The summed E-state index contributed by atoms with van der Waals surface area (Å²) in [7, 11) is 0. The fourth-order valence-corrected chi connectivity index (χ4v) is 2.76. The SMILES string of the molecule is C/C(=N\Nc1nc(C(C)(C)C)cs1)c1ccc(Cl)c(Cl)c1.[Br-]. The van der Waals surface area contributed by atoms with Crippen LogP contribution in [-0.2, 0) is 5.41 Å². The molecule has 0 bridgehead atoms. The molecule has 0 aliphatic heterocycles. The molecule has 22 heavy (non-hydrogen) atoms. The number of halogens is 3. The molecule has 3 nitrogen and oxygen atoms in total. The van der Waals surface area contributed by atoms with Gasteiger partial charge in [-0.3, -0.25) is 5.43 Å². The number of aromatic nitrogens is 1. The largest absolute Gasteiger partial charge is 1.00 e. The predicted molar refractivity (Wildman–Crippen MR) is 93.1 cm³/mol. The van der Waals surface area contributed by atoms with E-state index in [2.05, 4.69) is 36.3 Å². The lowest BCUT2D eigenvalue weighted by Gasteiger charge is -2.14. The number of anilines is 1. The monoisotopic (exact) mass is 420 g/mol. The minimum atomic E-state index is 0. The average Bonchev–Trinajstić information content (AvgIpc) is 2.88. The zero-order valence-electron chi connectivity index (χ0n) is 12.7. The first-order chi connectivity index (χ1) is 9.77. The van der Waals surface area contributed by atoms with Gasteiger partial charge in [0.15, 0.2) is 0 Å². The van der Waals surface area contributed by atoms with Gasteiger partial charge >= 0.3 is 0 Å². The van der Waals surface area contributed by atoms with E-state index in [-0.39, 0.29) is 22.4 Å². The van der Waals surface area contributed by atoms with E-state index in [1.807, 2.05) is 18.4 Å². The molecule has 1 heterocycles. The van der Waals surface area contributed by atoms with Crippen molar-refractivity contribution in [1.82, 2.24) is 4.98 Å². The van der Waals surface area contributed by atoms with E-state index in [0.29, 0.717) is 10.0 Å². The van der Waals surface area contributed by atoms with Crippen molar-refractivity contribution in [1.29, 1.82) is 0 Å². The van der Waals surface area contributed by atoms with Crippen LogP contribution >= 0.6 is 34.5 Å². The molecule has 0 unspecified atom stereocenters. The first-order valence-corrected chi connectivity index (χ1v) is 8.12. The van der Waals surface area contributed by atoms with Crippen LogP contribution in [0.1, 0.15) is 39.0 Å². The molecule has 120 valence electrons. The van der Waals surface area contributed by atoms with Gasteiger partial charge in [-0.1, -0.05) is 50.0 Å². The summed E-state index contributed by atoms with van der Waals surface area (Å²) < 4.78 is 0. The molecule has 1 aromatic carbocycles. The number of rotatable bonds is 3. The van der Waals surface area contributed by atoms with E-state index < -0.39 is 0 Å². The predicted octanol–water partition coefficient (Wildman–Crippen LogP) is 2.59. The van der Waals surface area contributed by atoms with Gasteiger partial charge in [0.2, 0.25) is 5.13 Å². The van der Waals surface area contributed by atoms with Crippen LogP contribution in [0.4, 0.5) is 5.13 Å². The zero-order valence-corrected chi connectivity index (χ0v) is 16.7. The third-order valence-electron chi connectivity index (χ3n) is 2.93. The van der Waals surface area contributed by atoms with Gasteiger partial charge in [0.05, 0.1) is 21.5 Å². The molecule has 2 rings (SSSR count). The Labute approximate surface area is 155 Å². The van der Waals surface area contributed by atoms with Gasteiger partial charge < -0.3 is 17.0 Å². The van der Waals surface area contributed by atoms with Crippen molar-refractivity contribution in [2.24, 2.45) is 5.10 Å². The molecule has 2 aromatic rings. The molecular weight excluding hydrogens is 405 g/mol. The summed E-state index contributed by atoms with van der Waals surface area (Å²) in [5.41, 5.74) is 5.82. The van der Waals surface area contributed by atoms with Crippen LogP contribution in [0, 0.1) is 0 Å². The molecular formula is C15H17BrCl2N3S-. The Hall–Kier alpha value is -0.620. The molecule has 0 aliphatic carbocycles. The molecule has 1 aromatic heterocycles. The molecule has 0 saturated heterocycles. The maximum absolute atomic E-state index is 6.01. The van der Waals surface area contributed by atoms with Crippen molar-refractivity contribution in [2.45, 2.75) is 33.1 Å². The fourth-order valence-electron chi connectivity index (χ4n) is 1.59. The first kappa shape index (κ1) is 19.4. The van der Waals surface area contributed by atoms with Gasteiger partial charge in [0.1, 0.15) is 0 Å². The zero-order chi connectivity index (χ0) is 15.6. The van der Waals surface area contributed by atoms with Crippen LogP contribution in [0.5, 0.6) is 0 Å². The smallest absolute Gasteiger partial charge is 0.203 e. The topological polar surface area (TPSA) is 37.3 Å². The van der Waals surface area contributed by atoms with Gasteiger partial charge in [0, 0.05) is 10.8 Å². The van der Waals surface area contributed by atoms with Gasteiger partial charge in [-0.15, -0.1) is 11.3 Å². The molecule has 0 amide bonds. The van der Waals surface area contributed by atoms with E-state index in [0.717, 1.165) is 22.1 Å². The summed E-state index contributed by atoms with van der Waals surface area (Å²) in [5.74, 6) is 0. The second-order valence-electron chi connectivity index (χ2n) is 5.73. The summed E-state index contributed by atoms with van der Waals surface area (Å²) in [6.45, 7) is 8.31. The normalized spacial score (nSPS) is 12.0. The van der Waals surface area contributed by atoms with Crippen LogP contribution in [0.15, 0.2) is 28.7 Å². The van der Waals surface area contributed by atoms with E-state index in [4.69, 9.17) is 23.2 Å². The molecule has 0 fully saturated rings. The summed E-state index contributed by atoms with van der Waals surface area (Å²) in [5, 5.41) is 8.23. The fraction of sp³-hybridized carbons (Fsp3) is 0.333. The van der Waals surface area contributed by atoms with E-state index in [1.54, 1.807) is 23.5 Å². The highest BCUT2D eigenvalue weighted by molar-refractivity contribution is 7.13. The van der Waals surface area contributed by atoms with Crippen molar-refractivity contribution in [3.8, 4) is 0 Å². The van der Waals surface area contributed by atoms with Crippen LogP contribution in [0.3, 0.4) is 0 Å². The second kappa shape index (κ2) is 7.77. The molecule has 0 saturated carbocycles. The number of nitrogens with zero attached hydrogens (tertiary/aromatic N) is 2. The Kier molecular flexibility index (Phi) is 6.86. The maximum atomic E-state index is 6.01. The third-order valence-corrected chi connectivity index (χ3v) is 4.42. The van der Waals surface area contributed by atoms with Crippen LogP contribution in [0.2, 0.25) is 10.0 Å². The van der Waals surface area contributed by atoms with Crippen molar-refractivity contribution >= 4 is 45.4 Å². The van der Waals surface area contributed by atoms with E-state index in [1.165, 1.54) is 0 Å². The summed E-state index contributed by atoms with van der Waals surface area (Å²) in [6.07, 6.45) is 0. The van der Waals surface area contributed by atoms with Crippen molar-refractivity contribution in [2.75, 3.05) is 5.43 Å². The van der Waals surface area contributed by atoms with Crippen LogP contribution in [0.25, 0.3) is 0 Å². The first-order valence-electron chi connectivity index (χ1n) is 6.49. The highest BCUT2D eigenvalue weighted by Crippen LogP contribution is 2.26. The number of hydrogen-bond donors (Lipinski definition) is 1. The molecule has 7 heteroatoms. The van der Waals surface area contributed by atoms with E-state index >= 15 is 0 Å². The number of nitrogens with one attached hydrogen (secondary N) is 1. The van der Waals surface area contributed by atoms with Gasteiger partial charge in [-0.2, -0.15) is 5.10 Å². The lowest BCUT2D eigenvalue weighted by atomic mass is 9.93. The lowest BCUT2D eigenvalue weighted by molar-refractivity contribution is -0.00000459. The second-order valence-corrected chi connectivity index (χ2v) is 7.40. The van der Waals surface area contributed by atoms with Crippen LogP contribution in [-0.4, -0.2) is 10.7 Å². The Morgan fingerprint density at radius 3 is 2.45 bits per heavy atom. The van der Waals surface area contributed by atoms with Gasteiger partial charge in [0.25, 0.3) is 0 Å². The van der Waals surface area contributed by atoms with E-state index in [9.17, 15) is 0 Å². The minimum Gasteiger partial charge on any atom is -1.00 e. The summed E-state index contributed by atoms with van der Waals surface area (Å²) >= 11 is 13.5. The molecule has 1 N–H and O–H groups in total. The van der Waals surface area contributed by atoms with Gasteiger partial charge in [-0.25, -0.2) is 4.98 Å². The van der Waals surface area contributed by atoms with Crippen molar-refractivity contribution in [3.63, 3.8) is 0 Å². The van der Waals surface area contributed by atoms with Crippen molar-refractivity contribution < 1.29 is 17.0 Å². The number of hydrogen-bond acceptors (Lipinski definition) is 4. The Bertz CT molecular complexity index is 678. The standard InChI is InChI=1S/C15H17Cl2N3S.BrH/c1-9(10-5-6-11(16)12(17)7-10)19-20-14-18-13(8-21-14)15(2,3)4;/h5-8H,1-4H3,(H,18,20);1H/p-1/b19-9+;. The highest BCUT2D eigenvalue weighted by atomic mass is 79.9. The quantitative estimate of drug-likeness (QED) is 0.610. The summed E-state index contributed by atoms with van der Waals surface area (Å²) in [4.78, 5) is 4.53. The minimum absolute atomic E-state index is 0. The molecule has 0 aliphatic rings. The third kappa shape index (κ3) is 4.95. The highest BCUT2D eigenvalue weighted by Gasteiger charge is 2.17. The maximum Gasteiger partial charge on any atom is 0.203 e. The molecule has 0 radical (unpaired) electrons. The van der Waals surface area contributed by atoms with Crippen LogP contribution < -0.4 is 22.4 Å². The Morgan fingerprint density at radius 1 is 1.23 bits per heavy atom. The summed E-state index contributed by atoms with van der Waals surface area (Å²) in [6, 6.07) is 5.45. The number of benzene rings is 1. The average molecular weight is 422 g/mol. The number of hydrazone groups is 1. The molecule has 0 spiro atoms. The van der Waals surface area contributed by atoms with Gasteiger partial charge in [-0.05, 0) is 24.6 Å².